The highest BCUT2D eigenvalue weighted by Crippen LogP contribution is 2.21. The van der Waals surface area contributed by atoms with Crippen LogP contribution >= 0.6 is 11.8 Å². The van der Waals surface area contributed by atoms with E-state index >= 15 is 0 Å². The van der Waals surface area contributed by atoms with Gasteiger partial charge in [-0.25, -0.2) is 9.18 Å². The Bertz CT molecular complexity index is 480. The summed E-state index contributed by atoms with van der Waals surface area (Å²) >= 11 is 1.12. The minimum atomic E-state index is -0.538. The predicted molar refractivity (Wildman–Crippen MR) is 73.3 cm³/mol. The lowest BCUT2D eigenvalue weighted by Gasteiger charge is -2.09. The molecule has 7 heteroatoms. The first kappa shape index (κ1) is 15.3. The topological polar surface area (TPSA) is 84.2 Å². The fourth-order valence-corrected chi connectivity index (χ4v) is 1.93. The maximum atomic E-state index is 13.2. The fraction of sp³-hybridized carbons (Fsp3) is 0.333. The Labute approximate surface area is 115 Å². The molecule has 0 bridgehead atoms. The number of anilines is 1. The number of nitrogens with one attached hydrogen (secondary N) is 2. The van der Waals surface area contributed by atoms with Crippen molar-refractivity contribution in [1.29, 1.82) is 0 Å². The number of thioether (sulfide) groups is 1. The summed E-state index contributed by atoms with van der Waals surface area (Å²) in [6.07, 6.45) is 0. The first-order valence-electron chi connectivity index (χ1n) is 5.66. The van der Waals surface area contributed by atoms with E-state index in [0.29, 0.717) is 4.90 Å². The van der Waals surface area contributed by atoms with Crippen LogP contribution in [0.15, 0.2) is 23.1 Å². The number of halogens is 1. The largest absolute Gasteiger partial charge is 0.396 e. The molecule has 0 saturated carbocycles. The molecule has 3 amide bonds. The highest BCUT2D eigenvalue weighted by Gasteiger charge is 2.09. The van der Waals surface area contributed by atoms with Gasteiger partial charge in [-0.05, 0) is 32.0 Å². The molecule has 0 unspecified atom stereocenters. The molecule has 0 aliphatic rings. The van der Waals surface area contributed by atoms with Gasteiger partial charge in [0.2, 0.25) is 5.91 Å². The van der Waals surface area contributed by atoms with Crippen LogP contribution in [0, 0.1) is 5.82 Å². The summed E-state index contributed by atoms with van der Waals surface area (Å²) in [5.74, 6) is -0.946. The zero-order chi connectivity index (χ0) is 14.4. The Morgan fingerprint density at radius 1 is 1.42 bits per heavy atom. The van der Waals surface area contributed by atoms with E-state index in [0.717, 1.165) is 11.8 Å². The second-order valence-electron chi connectivity index (χ2n) is 4.15. The zero-order valence-electron chi connectivity index (χ0n) is 10.7. The van der Waals surface area contributed by atoms with E-state index in [1.165, 1.54) is 12.1 Å². The van der Waals surface area contributed by atoms with E-state index in [1.807, 2.05) is 0 Å². The van der Waals surface area contributed by atoms with Gasteiger partial charge < -0.3 is 11.1 Å². The van der Waals surface area contributed by atoms with Gasteiger partial charge in [0.25, 0.3) is 0 Å². The second-order valence-corrected chi connectivity index (χ2v) is 5.20. The molecule has 0 fully saturated rings. The summed E-state index contributed by atoms with van der Waals surface area (Å²) in [6.45, 7) is 3.58. The third kappa shape index (κ3) is 5.60. The number of hydrogen-bond acceptors (Lipinski definition) is 4. The van der Waals surface area contributed by atoms with Gasteiger partial charge in [0.15, 0.2) is 0 Å². The molecule has 0 heterocycles. The van der Waals surface area contributed by atoms with Gasteiger partial charge in [0.05, 0.1) is 11.4 Å². The van der Waals surface area contributed by atoms with Crippen molar-refractivity contribution >= 4 is 29.4 Å². The van der Waals surface area contributed by atoms with E-state index in [9.17, 15) is 14.0 Å². The molecule has 0 atom stereocenters. The number of rotatable bonds is 4. The molecular formula is C12H16FN3O2S. The van der Waals surface area contributed by atoms with Crippen LogP contribution in [-0.4, -0.2) is 23.7 Å². The fourth-order valence-electron chi connectivity index (χ4n) is 1.21. The average molecular weight is 285 g/mol. The van der Waals surface area contributed by atoms with Gasteiger partial charge in [-0.15, -0.1) is 11.8 Å². The second kappa shape index (κ2) is 6.98. The number of imide groups is 1. The van der Waals surface area contributed by atoms with Crippen LogP contribution in [-0.2, 0) is 4.79 Å². The summed E-state index contributed by atoms with van der Waals surface area (Å²) in [4.78, 5) is 23.3. The summed E-state index contributed by atoms with van der Waals surface area (Å²) < 4.78 is 13.2. The molecule has 1 aromatic carbocycles. The highest BCUT2D eigenvalue weighted by atomic mass is 32.2. The molecule has 1 rings (SSSR count). The van der Waals surface area contributed by atoms with Crippen molar-refractivity contribution in [2.24, 2.45) is 0 Å². The van der Waals surface area contributed by atoms with Crippen LogP contribution in [0.4, 0.5) is 14.9 Å². The number of hydrogen-bond donors (Lipinski definition) is 3. The number of carbonyl (C=O) groups excluding carboxylic acids is 2. The molecule has 0 aromatic heterocycles. The van der Waals surface area contributed by atoms with Crippen LogP contribution in [0.1, 0.15) is 13.8 Å². The number of nitrogen functional groups attached to an aromatic ring is 1. The molecule has 0 aliphatic heterocycles. The molecule has 1 aromatic rings. The van der Waals surface area contributed by atoms with Gasteiger partial charge in [0, 0.05) is 10.9 Å². The van der Waals surface area contributed by atoms with Gasteiger partial charge >= 0.3 is 6.03 Å². The van der Waals surface area contributed by atoms with Crippen molar-refractivity contribution in [3.63, 3.8) is 0 Å². The van der Waals surface area contributed by atoms with E-state index in [-0.39, 0.29) is 17.5 Å². The number of amides is 3. The predicted octanol–water partition coefficient (Wildman–Crippen LogP) is 1.73. The molecule has 0 saturated heterocycles. The van der Waals surface area contributed by atoms with E-state index in [2.05, 4.69) is 10.6 Å². The van der Waals surface area contributed by atoms with Crippen LogP contribution in [0.3, 0.4) is 0 Å². The minimum absolute atomic E-state index is 0.0227. The van der Waals surface area contributed by atoms with Crippen molar-refractivity contribution in [1.82, 2.24) is 10.6 Å². The standard InChI is InChI=1S/C12H16FN3O2S/c1-7(2)15-12(18)16-11(17)6-19-8-3-4-10(14)9(13)5-8/h3-5,7H,6,14H2,1-2H3,(H2,15,16,17,18). The van der Waals surface area contributed by atoms with Crippen molar-refractivity contribution < 1.29 is 14.0 Å². The highest BCUT2D eigenvalue weighted by molar-refractivity contribution is 8.00. The Morgan fingerprint density at radius 2 is 2.11 bits per heavy atom. The average Bonchev–Trinajstić information content (AvgIpc) is 2.29. The van der Waals surface area contributed by atoms with Crippen molar-refractivity contribution in [2.45, 2.75) is 24.8 Å². The van der Waals surface area contributed by atoms with Crippen molar-refractivity contribution in [3.05, 3.63) is 24.0 Å². The van der Waals surface area contributed by atoms with E-state index in [1.54, 1.807) is 19.9 Å². The van der Waals surface area contributed by atoms with E-state index < -0.39 is 17.8 Å². The number of benzene rings is 1. The van der Waals surface area contributed by atoms with Crippen LogP contribution in [0.5, 0.6) is 0 Å². The number of nitrogens with two attached hydrogens (primary N) is 1. The molecule has 0 aliphatic carbocycles. The SMILES string of the molecule is CC(C)NC(=O)NC(=O)CSc1ccc(N)c(F)c1. The maximum absolute atomic E-state index is 13.2. The normalized spacial score (nSPS) is 10.3. The molecule has 19 heavy (non-hydrogen) atoms. The zero-order valence-corrected chi connectivity index (χ0v) is 11.5. The first-order valence-corrected chi connectivity index (χ1v) is 6.65. The third-order valence-corrected chi connectivity index (χ3v) is 3.01. The lowest BCUT2D eigenvalue weighted by Crippen LogP contribution is -2.43. The summed E-state index contributed by atoms with van der Waals surface area (Å²) in [6, 6.07) is 3.71. The third-order valence-electron chi connectivity index (χ3n) is 2.01. The molecule has 104 valence electrons. The van der Waals surface area contributed by atoms with Crippen LogP contribution in [0.25, 0.3) is 0 Å². The molecule has 0 radical (unpaired) electrons. The quantitative estimate of drug-likeness (QED) is 0.581. The van der Waals surface area contributed by atoms with Gasteiger partial charge in [-0.2, -0.15) is 0 Å². The molecule has 0 spiro atoms. The van der Waals surface area contributed by atoms with Gasteiger partial charge in [-0.1, -0.05) is 0 Å². The molecule has 5 nitrogen and oxygen atoms in total. The smallest absolute Gasteiger partial charge is 0.321 e. The Balaban J connectivity index is 2.41. The monoisotopic (exact) mass is 285 g/mol. The van der Waals surface area contributed by atoms with Gasteiger partial charge in [-0.3, -0.25) is 10.1 Å². The summed E-state index contributed by atoms with van der Waals surface area (Å²) in [5.41, 5.74) is 5.40. The lowest BCUT2D eigenvalue weighted by atomic mass is 10.3. The summed E-state index contributed by atoms with van der Waals surface area (Å²) in [5, 5.41) is 4.71. The Kier molecular flexibility index (Phi) is 5.62. The van der Waals surface area contributed by atoms with E-state index in [4.69, 9.17) is 5.73 Å². The van der Waals surface area contributed by atoms with Crippen molar-refractivity contribution in [2.75, 3.05) is 11.5 Å². The number of carbonyl (C=O) groups is 2. The number of urea groups is 1. The Hall–Kier alpha value is -1.76. The van der Waals surface area contributed by atoms with Crippen LogP contribution in [0.2, 0.25) is 0 Å². The van der Waals surface area contributed by atoms with Gasteiger partial charge in [0.1, 0.15) is 5.82 Å². The first-order chi connectivity index (χ1) is 8.88. The van der Waals surface area contributed by atoms with Crippen molar-refractivity contribution in [3.8, 4) is 0 Å². The molecule has 4 N–H and O–H groups in total. The van der Waals surface area contributed by atoms with Crippen LogP contribution < -0.4 is 16.4 Å². The summed E-state index contributed by atoms with van der Waals surface area (Å²) in [7, 11) is 0. The lowest BCUT2D eigenvalue weighted by molar-refractivity contribution is -0.117. The maximum Gasteiger partial charge on any atom is 0.321 e. The minimum Gasteiger partial charge on any atom is -0.396 e. The molecular weight excluding hydrogens is 269 g/mol. The Morgan fingerprint density at radius 3 is 2.68 bits per heavy atom.